The normalized spacial score (nSPS) is 12.7. The highest BCUT2D eigenvalue weighted by Gasteiger charge is 2.20. The van der Waals surface area contributed by atoms with Crippen LogP contribution >= 0.6 is 0 Å². The molecule has 0 spiro atoms. The second-order valence-corrected chi connectivity index (χ2v) is 29.5. The summed E-state index contributed by atoms with van der Waals surface area (Å²) in [5.74, 6) is -0.0135. The van der Waals surface area contributed by atoms with Crippen molar-refractivity contribution in [1.82, 2.24) is 5.32 Å². The van der Waals surface area contributed by atoms with E-state index in [1.165, 1.54) is 385 Å². The van der Waals surface area contributed by atoms with Crippen LogP contribution < -0.4 is 5.32 Å². The molecule has 0 saturated carbocycles. The van der Waals surface area contributed by atoms with Crippen molar-refractivity contribution in [2.45, 2.75) is 488 Å². The molecule has 0 aliphatic heterocycles. The minimum absolute atomic E-state index is 0.0137. The Morgan fingerprint density at radius 2 is 0.532 bits per heavy atom. The lowest BCUT2D eigenvalue weighted by molar-refractivity contribution is -0.143. The molecule has 0 saturated heterocycles. The van der Waals surface area contributed by atoms with Gasteiger partial charge in [-0.05, 0) is 89.9 Å². The number of esters is 1. The van der Waals surface area contributed by atoms with E-state index in [1.807, 2.05) is 0 Å². The van der Waals surface area contributed by atoms with Gasteiger partial charge in [-0.3, -0.25) is 9.59 Å². The second-order valence-electron chi connectivity index (χ2n) is 29.5. The minimum Gasteiger partial charge on any atom is -0.466 e. The number of aliphatic hydroxyl groups is 2. The summed E-state index contributed by atoms with van der Waals surface area (Å²) in [6.07, 6.45) is 111. The average Bonchev–Trinajstić information content (AvgIpc) is 3.61. The van der Waals surface area contributed by atoms with Crippen molar-refractivity contribution in [1.29, 1.82) is 0 Å². The maximum atomic E-state index is 12.6. The summed E-state index contributed by atoms with van der Waals surface area (Å²) in [7, 11) is 0. The number of allylic oxidation sites excluding steroid dienone is 8. The second kappa shape index (κ2) is 83.2. The van der Waals surface area contributed by atoms with Crippen LogP contribution in [0.25, 0.3) is 0 Å². The molecule has 0 rings (SSSR count). The minimum atomic E-state index is -0.665. The third kappa shape index (κ3) is 78.8. The summed E-state index contributed by atoms with van der Waals surface area (Å²) in [5.41, 5.74) is 0. The van der Waals surface area contributed by atoms with Crippen LogP contribution in [0.4, 0.5) is 0 Å². The molecule has 0 aromatic heterocycles. The molecule has 554 valence electrons. The van der Waals surface area contributed by atoms with E-state index >= 15 is 0 Å². The third-order valence-electron chi connectivity index (χ3n) is 20.1. The van der Waals surface area contributed by atoms with E-state index in [-0.39, 0.29) is 18.5 Å². The van der Waals surface area contributed by atoms with E-state index in [9.17, 15) is 19.8 Å². The number of carbonyl (C=O) groups excluding carboxylic acids is 2. The van der Waals surface area contributed by atoms with Gasteiger partial charge in [-0.25, -0.2) is 0 Å². The van der Waals surface area contributed by atoms with Crippen LogP contribution in [-0.4, -0.2) is 47.4 Å². The number of rotatable bonds is 81. The van der Waals surface area contributed by atoms with Crippen molar-refractivity contribution in [3.8, 4) is 0 Å². The fourth-order valence-corrected chi connectivity index (χ4v) is 13.6. The monoisotopic (exact) mass is 1320 g/mol. The van der Waals surface area contributed by atoms with Gasteiger partial charge in [0.25, 0.3) is 0 Å². The molecule has 0 fully saturated rings. The van der Waals surface area contributed by atoms with Gasteiger partial charge >= 0.3 is 5.97 Å². The van der Waals surface area contributed by atoms with Gasteiger partial charge in [0.05, 0.1) is 25.4 Å². The Labute approximate surface area is 588 Å². The smallest absolute Gasteiger partial charge is 0.305 e. The maximum absolute atomic E-state index is 12.6. The molecule has 1 amide bonds. The first-order valence-electron chi connectivity index (χ1n) is 42.9. The van der Waals surface area contributed by atoms with Crippen LogP contribution in [0, 0.1) is 0 Å². The van der Waals surface area contributed by atoms with E-state index in [4.69, 9.17) is 4.74 Å². The number of unbranched alkanes of at least 4 members (excludes halogenated alkanes) is 62. The Morgan fingerprint density at radius 3 is 0.830 bits per heavy atom. The van der Waals surface area contributed by atoms with Gasteiger partial charge < -0.3 is 20.3 Å². The molecule has 0 aliphatic carbocycles. The first-order chi connectivity index (χ1) is 46.5. The molecule has 0 radical (unpaired) electrons. The number of aliphatic hydroxyl groups excluding tert-OH is 2. The summed E-state index contributed by atoms with van der Waals surface area (Å²) in [4.78, 5) is 24.7. The molecule has 0 aromatic carbocycles. The number of nitrogens with one attached hydrogen (secondary N) is 1. The van der Waals surface area contributed by atoms with Crippen LogP contribution in [0.3, 0.4) is 0 Å². The predicted octanol–water partition coefficient (Wildman–Crippen LogP) is 28.7. The topological polar surface area (TPSA) is 95.9 Å². The van der Waals surface area contributed by atoms with Gasteiger partial charge in [0.15, 0.2) is 0 Å². The molecule has 3 N–H and O–H groups in total. The molecule has 0 bridgehead atoms. The number of ether oxygens (including phenoxy) is 1. The molecular formula is C88H167NO5. The summed E-state index contributed by atoms with van der Waals surface area (Å²) < 4.78 is 5.51. The Hall–Kier alpha value is -2.18. The Bertz CT molecular complexity index is 1570. The van der Waals surface area contributed by atoms with Crippen LogP contribution in [0.2, 0.25) is 0 Å². The molecule has 94 heavy (non-hydrogen) atoms. The Balaban J connectivity index is 3.37. The largest absolute Gasteiger partial charge is 0.466 e. The fraction of sp³-hybridized carbons (Fsp3) is 0.886. The molecule has 2 atom stereocenters. The van der Waals surface area contributed by atoms with Crippen LogP contribution in [-0.2, 0) is 14.3 Å². The maximum Gasteiger partial charge on any atom is 0.305 e. The van der Waals surface area contributed by atoms with Crippen LogP contribution in [0.5, 0.6) is 0 Å². The quantitative estimate of drug-likeness (QED) is 0.0320. The van der Waals surface area contributed by atoms with E-state index in [2.05, 4.69) is 67.8 Å². The van der Waals surface area contributed by atoms with E-state index in [0.29, 0.717) is 25.9 Å². The molecule has 6 heteroatoms. The number of hydrogen-bond donors (Lipinski definition) is 3. The van der Waals surface area contributed by atoms with Gasteiger partial charge in [0, 0.05) is 12.8 Å². The van der Waals surface area contributed by atoms with Gasteiger partial charge in [-0.15, -0.1) is 0 Å². The molecule has 6 nitrogen and oxygen atoms in total. The zero-order valence-electron chi connectivity index (χ0n) is 63.7. The number of carbonyl (C=O) groups is 2. The van der Waals surface area contributed by atoms with Crippen LogP contribution in [0.1, 0.15) is 476 Å². The zero-order valence-corrected chi connectivity index (χ0v) is 63.7. The highest BCUT2D eigenvalue weighted by atomic mass is 16.5. The lowest BCUT2D eigenvalue weighted by Gasteiger charge is -2.22. The average molecular weight is 1320 g/mol. The molecular weight excluding hydrogens is 1150 g/mol. The standard InChI is InChI=1S/C88H167NO5/c1-3-5-7-9-11-13-15-17-19-21-23-24-38-41-45-48-52-56-60-64-68-72-76-80-86(91)85(84-90)89-87(92)81-77-73-69-65-61-57-53-49-46-42-39-36-34-32-30-28-26-25-27-29-31-33-35-37-40-43-47-51-55-59-63-67-71-75-79-83-94-88(93)82-78-74-70-66-62-58-54-50-44-22-20-18-16-14-12-10-8-6-4-2/h12,14,18,20,27,29,33,35,85-86,90-91H,3-11,13,15-17,19,21-26,28,30-32,34,36-84H2,1-2H3,(H,89,92)/b14-12-,20-18-,29-27-,35-33-. The van der Waals surface area contributed by atoms with Gasteiger partial charge in [0.1, 0.15) is 0 Å². The summed E-state index contributed by atoms with van der Waals surface area (Å²) in [6, 6.07) is -0.542. The molecule has 0 aliphatic rings. The highest BCUT2D eigenvalue weighted by Crippen LogP contribution is 2.20. The summed E-state index contributed by atoms with van der Waals surface area (Å²) >= 11 is 0. The van der Waals surface area contributed by atoms with E-state index in [1.54, 1.807) is 0 Å². The Morgan fingerprint density at radius 1 is 0.298 bits per heavy atom. The summed E-state index contributed by atoms with van der Waals surface area (Å²) in [6.45, 7) is 4.98. The molecule has 2 unspecified atom stereocenters. The van der Waals surface area contributed by atoms with Crippen molar-refractivity contribution in [3.63, 3.8) is 0 Å². The zero-order chi connectivity index (χ0) is 67.7. The predicted molar refractivity (Wildman–Crippen MR) is 416 cm³/mol. The fourth-order valence-electron chi connectivity index (χ4n) is 13.6. The Kier molecular flexibility index (Phi) is 81.3. The first-order valence-corrected chi connectivity index (χ1v) is 42.9. The van der Waals surface area contributed by atoms with Gasteiger partial charge in [-0.1, -0.05) is 422 Å². The molecule has 0 heterocycles. The van der Waals surface area contributed by atoms with E-state index in [0.717, 1.165) is 57.8 Å². The SMILES string of the molecule is CCCCC/C=C\C/C=C\CCCCCCCCCCCC(=O)OCCCCCCCCCCCCC/C=C\C/C=C\CCCCCCCCCCCCCCCCCCCC(=O)NC(CO)C(O)CCCCCCCCCCCCCCCCCCCCCCCCC. The van der Waals surface area contributed by atoms with Crippen LogP contribution in [0.15, 0.2) is 48.6 Å². The lowest BCUT2D eigenvalue weighted by Crippen LogP contribution is -2.45. The van der Waals surface area contributed by atoms with Crippen molar-refractivity contribution < 1.29 is 24.5 Å². The lowest BCUT2D eigenvalue weighted by atomic mass is 10.0. The summed E-state index contributed by atoms with van der Waals surface area (Å²) in [5, 5.41) is 23.5. The highest BCUT2D eigenvalue weighted by molar-refractivity contribution is 5.76. The van der Waals surface area contributed by atoms with Gasteiger partial charge in [0.2, 0.25) is 5.91 Å². The first kappa shape index (κ1) is 91.8. The van der Waals surface area contributed by atoms with Crippen molar-refractivity contribution in [2.24, 2.45) is 0 Å². The van der Waals surface area contributed by atoms with Crippen molar-refractivity contribution in [3.05, 3.63) is 48.6 Å². The number of amides is 1. The van der Waals surface area contributed by atoms with Crippen molar-refractivity contribution >= 4 is 11.9 Å². The number of hydrogen-bond acceptors (Lipinski definition) is 5. The van der Waals surface area contributed by atoms with Gasteiger partial charge in [-0.2, -0.15) is 0 Å². The molecule has 0 aromatic rings. The van der Waals surface area contributed by atoms with E-state index < -0.39 is 12.1 Å². The third-order valence-corrected chi connectivity index (χ3v) is 20.1. The van der Waals surface area contributed by atoms with Crippen molar-refractivity contribution in [2.75, 3.05) is 13.2 Å².